The number of carbonyl (C=O) groups is 1. The van der Waals surface area contributed by atoms with Crippen LogP contribution in [0.25, 0.3) is 0 Å². The van der Waals surface area contributed by atoms with E-state index in [-0.39, 0.29) is 36.4 Å². The number of benzene rings is 2. The molecular weight excluding hydrogens is 474 g/mol. The molecule has 2 aromatic carbocycles. The Hall–Kier alpha value is -2.36. The van der Waals surface area contributed by atoms with Crippen molar-refractivity contribution in [2.75, 3.05) is 20.2 Å². The molecule has 152 valence electrons. The summed E-state index contributed by atoms with van der Waals surface area (Å²) in [5.41, 5.74) is 7.03. The molecular formula is C20H26FIN4O2. The highest BCUT2D eigenvalue weighted by Gasteiger charge is 2.07. The van der Waals surface area contributed by atoms with Crippen molar-refractivity contribution in [1.29, 1.82) is 0 Å². The minimum atomic E-state index is -0.518. The van der Waals surface area contributed by atoms with E-state index in [9.17, 15) is 9.18 Å². The lowest BCUT2D eigenvalue weighted by molar-refractivity contribution is -0.119. The van der Waals surface area contributed by atoms with Crippen LogP contribution in [0.4, 0.5) is 4.39 Å². The van der Waals surface area contributed by atoms with Gasteiger partial charge >= 0.3 is 0 Å². The first-order valence-corrected chi connectivity index (χ1v) is 8.72. The number of halogens is 2. The van der Waals surface area contributed by atoms with Crippen molar-refractivity contribution >= 4 is 35.8 Å². The second-order valence-corrected chi connectivity index (χ2v) is 6.06. The maximum Gasteiger partial charge on any atom is 0.255 e. The van der Waals surface area contributed by atoms with Gasteiger partial charge in [0.25, 0.3) is 5.91 Å². The van der Waals surface area contributed by atoms with Crippen molar-refractivity contribution in [2.45, 2.75) is 20.0 Å². The molecule has 0 aromatic heterocycles. The summed E-state index contributed by atoms with van der Waals surface area (Å²) in [5.74, 6) is 0.548. The number of primary amides is 1. The summed E-state index contributed by atoms with van der Waals surface area (Å²) in [7, 11) is 1.93. The van der Waals surface area contributed by atoms with Gasteiger partial charge in [0.15, 0.2) is 12.6 Å². The number of nitrogens with two attached hydrogens (primary N) is 1. The summed E-state index contributed by atoms with van der Waals surface area (Å²) in [4.78, 5) is 17.4. The fourth-order valence-corrected chi connectivity index (χ4v) is 2.46. The number of amides is 1. The zero-order valence-electron chi connectivity index (χ0n) is 16.0. The molecule has 6 nitrogen and oxygen atoms in total. The van der Waals surface area contributed by atoms with Gasteiger partial charge in [-0.05, 0) is 42.3 Å². The number of nitrogens with one attached hydrogen (secondary N) is 1. The summed E-state index contributed by atoms with van der Waals surface area (Å²) >= 11 is 0. The zero-order valence-corrected chi connectivity index (χ0v) is 18.4. The lowest BCUT2D eigenvalue weighted by Crippen LogP contribution is -2.38. The van der Waals surface area contributed by atoms with Gasteiger partial charge in [-0.3, -0.25) is 4.79 Å². The van der Waals surface area contributed by atoms with E-state index in [4.69, 9.17) is 10.5 Å². The molecule has 0 unspecified atom stereocenters. The molecule has 0 saturated heterocycles. The van der Waals surface area contributed by atoms with Crippen LogP contribution in [0.5, 0.6) is 5.75 Å². The second kappa shape index (κ2) is 12.2. The maximum atomic E-state index is 13.1. The number of nitrogens with zero attached hydrogens (tertiary/aromatic N) is 2. The van der Waals surface area contributed by atoms with Crippen LogP contribution < -0.4 is 15.8 Å². The number of rotatable bonds is 8. The van der Waals surface area contributed by atoms with Gasteiger partial charge in [-0.2, -0.15) is 0 Å². The first-order chi connectivity index (χ1) is 13.0. The van der Waals surface area contributed by atoms with E-state index < -0.39 is 5.91 Å². The monoisotopic (exact) mass is 500 g/mol. The maximum absolute atomic E-state index is 13.1. The van der Waals surface area contributed by atoms with E-state index in [0.717, 1.165) is 23.6 Å². The molecule has 0 spiro atoms. The average molecular weight is 500 g/mol. The first kappa shape index (κ1) is 23.7. The van der Waals surface area contributed by atoms with Crippen molar-refractivity contribution in [1.82, 2.24) is 10.2 Å². The first-order valence-electron chi connectivity index (χ1n) is 8.72. The van der Waals surface area contributed by atoms with Crippen LogP contribution in [0.2, 0.25) is 0 Å². The Morgan fingerprint density at radius 2 is 1.93 bits per heavy atom. The van der Waals surface area contributed by atoms with E-state index in [2.05, 4.69) is 10.3 Å². The fraction of sp³-hybridized carbons (Fsp3) is 0.300. The van der Waals surface area contributed by atoms with Crippen LogP contribution in [-0.2, 0) is 17.9 Å². The number of hydrogen-bond donors (Lipinski definition) is 2. The molecule has 28 heavy (non-hydrogen) atoms. The molecule has 3 N–H and O–H groups in total. The van der Waals surface area contributed by atoms with Crippen LogP contribution in [0.1, 0.15) is 18.1 Å². The topological polar surface area (TPSA) is 80.0 Å². The van der Waals surface area contributed by atoms with E-state index in [1.54, 1.807) is 18.2 Å². The van der Waals surface area contributed by atoms with Crippen LogP contribution in [-0.4, -0.2) is 37.0 Å². The van der Waals surface area contributed by atoms with Gasteiger partial charge in [0.2, 0.25) is 0 Å². The Kier molecular flexibility index (Phi) is 10.3. The summed E-state index contributed by atoms with van der Waals surface area (Å²) in [5, 5.41) is 3.25. The standard InChI is InChI=1S/C20H25FN4O2.HI/c1-3-23-20(25(2)13-15-7-9-17(21)10-8-15)24-12-16-5-4-6-18(11-16)27-14-19(22)26;/h4-11H,3,12-14H2,1-2H3,(H2,22,26)(H,23,24);1H. The minimum Gasteiger partial charge on any atom is -0.484 e. The molecule has 0 radical (unpaired) electrons. The molecule has 0 atom stereocenters. The largest absolute Gasteiger partial charge is 0.484 e. The predicted octanol–water partition coefficient (Wildman–Crippen LogP) is 2.91. The SMILES string of the molecule is CCNC(=NCc1cccc(OCC(N)=O)c1)N(C)Cc1ccc(F)cc1.I. The molecule has 1 amide bonds. The molecule has 0 aliphatic carbocycles. The molecule has 0 fully saturated rings. The van der Waals surface area contributed by atoms with Gasteiger partial charge < -0.3 is 20.7 Å². The highest BCUT2D eigenvalue weighted by molar-refractivity contribution is 14.0. The van der Waals surface area contributed by atoms with Crippen LogP contribution in [0.15, 0.2) is 53.5 Å². The quantitative estimate of drug-likeness (QED) is 0.332. The van der Waals surface area contributed by atoms with Crippen molar-refractivity contribution in [3.8, 4) is 5.75 Å². The Balaban J connectivity index is 0.00000392. The molecule has 0 aliphatic rings. The molecule has 0 bridgehead atoms. The lowest BCUT2D eigenvalue weighted by Gasteiger charge is -2.22. The van der Waals surface area contributed by atoms with Crippen LogP contribution >= 0.6 is 24.0 Å². The van der Waals surface area contributed by atoms with Crippen LogP contribution in [0.3, 0.4) is 0 Å². The molecule has 0 saturated carbocycles. The average Bonchev–Trinajstić information content (AvgIpc) is 2.65. The summed E-state index contributed by atoms with van der Waals surface area (Å²) in [6.07, 6.45) is 0. The lowest BCUT2D eigenvalue weighted by atomic mass is 10.2. The van der Waals surface area contributed by atoms with Gasteiger partial charge in [-0.15, -0.1) is 24.0 Å². The number of guanidine groups is 1. The summed E-state index contributed by atoms with van der Waals surface area (Å²) < 4.78 is 18.4. The predicted molar refractivity (Wildman–Crippen MR) is 119 cm³/mol. The third kappa shape index (κ3) is 8.12. The van der Waals surface area contributed by atoms with Crippen molar-refractivity contribution in [3.05, 3.63) is 65.5 Å². The Morgan fingerprint density at radius 3 is 2.57 bits per heavy atom. The third-order valence-corrected chi connectivity index (χ3v) is 3.72. The third-order valence-electron chi connectivity index (χ3n) is 3.72. The van der Waals surface area contributed by atoms with E-state index in [1.807, 2.05) is 37.1 Å². The summed E-state index contributed by atoms with van der Waals surface area (Å²) in [6, 6.07) is 13.8. The Labute approximate surface area is 182 Å². The van der Waals surface area contributed by atoms with Crippen molar-refractivity contribution in [3.63, 3.8) is 0 Å². The van der Waals surface area contributed by atoms with E-state index >= 15 is 0 Å². The van der Waals surface area contributed by atoms with Gasteiger partial charge in [0.05, 0.1) is 6.54 Å². The number of ether oxygens (including phenoxy) is 1. The molecule has 0 aliphatic heterocycles. The smallest absolute Gasteiger partial charge is 0.255 e. The van der Waals surface area contributed by atoms with E-state index in [1.165, 1.54) is 12.1 Å². The zero-order chi connectivity index (χ0) is 19.6. The fourth-order valence-electron chi connectivity index (χ4n) is 2.46. The molecule has 2 aromatic rings. The van der Waals surface area contributed by atoms with Gasteiger partial charge in [0.1, 0.15) is 11.6 Å². The molecule has 8 heteroatoms. The van der Waals surface area contributed by atoms with Crippen LogP contribution in [0, 0.1) is 5.82 Å². The highest BCUT2D eigenvalue weighted by Crippen LogP contribution is 2.14. The summed E-state index contributed by atoms with van der Waals surface area (Å²) in [6.45, 7) is 3.63. The van der Waals surface area contributed by atoms with Gasteiger partial charge in [-0.25, -0.2) is 9.38 Å². The number of hydrogen-bond acceptors (Lipinski definition) is 3. The number of aliphatic imine (C=N–C) groups is 1. The van der Waals surface area contributed by atoms with Gasteiger partial charge in [0, 0.05) is 20.1 Å². The number of carbonyl (C=O) groups excluding carboxylic acids is 1. The molecule has 0 heterocycles. The molecule has 2 rings (SSSR count). The van der Waals surface area contributed by atoms with Gasteiger partial charge in [-0.1, -0.05) is 24.3 Å². The minimum absolute atomic E-state index is 0. The second-order valence-electron chi connectivity index (χ2n) is 6.06. The Morgan fingerprint density at radius 1 is 1.21 bits per heavy atom. The van der Waals surface area contributed by atoms with E-state index in [0.29, 0.717) is 18.8 Å². The highest BCUT2D eigenvalue weighted by atomic mass is 127. The normalized spacial score (nSPS) is 10.8. The van der Waals surface area contributed by atoms with Crippen molar-refractivity contribution in [2.24, 2.45) is 10.7 Å². The Bertz CT molecular complexity index is 784. The van der Waals surface area contributed by atoms with Crippen molar-refractivity contribution < 1.29 is 13.9 Å².